The Morgan fingerprint density at radius 1 is 1.33 bits per heavy atom. The van der Waals surface area contributed by atoms with Gasteiger partial charge in [-0.25, -0.2) is 0 Å². The summed E-state index contributed by atoms with van der Waals surface area (Å²) in [7, 11) is 1.90. The second-order valence-corrected chi connectivity index (χ2v) is 6.20. The number of hydrogen-bond acceptors (Lipinski definition) is 3. The van der Waals surface area contributed by atoms with Gasteiger partial charge in [-0.05, 0) is 26.7 Å². The van der Waals surface area contributed by atoms with Crippen LogP contribution < -0.4 is 5.32 Å². The predicted octanol–water partition coefficient (Wildman–Crippen LogP) is 1.64. The fourth-order valence-corrected chi connectivity index (χ4v) is 3.28. The van der Waals surface area contributed by atoms with Crippen molar-refractivity contribution in [3.63, 3.8) is 0 Å². The molecule has 5 heteroatoms. The van der Waals surface area contributed by atoms with Gasteiger partial charge in [-0.2, -0.15) is 5.10 Å². The Morgan fingerprint density at radius 3 is 2.67 bits per heavy atom. The van der Waals surface area contributed by atoms with Gasteiger partial charge < -0.3 is 10.4 Å². The van der Waals surface area contributed by atoms with E-state index < -0.39 is 0 Å². The quantitative estimate of drug-likeness (QED) is 0.829. The van der Waals surface area contributed by atoms with Crippen molar-refractivity contribution in [1.82, 2.24) is 15.1 Å². The lowest BCUT2D eigenvalue weighted by molar-refractivity contribution is -0.121. The number of hydrogen-bond donors (Lipinski definition) is 2. The summed E-state index contributed by atoms with van der Waals surface area (Å²) in [5, 5.41) is 17.0. The summed E-state index contributed by atoms with van der Waals surface area (Å²) in [4.78, 5) is 12.3. The lowest BCUT2D eigenvalue weighted by Gasteiger charge is -2.24. The molecule has 0 aromatic carbocycles. The van der Waals surface area contributed by atoms with Gasteiger partial charge >= 0.3 is 0 Å². The molecule has 1 aliphatic carbocycles. The molecule has 0 aliphatic heterocycles. The van der Waals surface area contributed by atoms with Crippen LogP contribution in [0.4, 0.5) is 0 Å². The maximum atomic E-state index is 12.3. The summed E-state index contributed by atoms with van der Waals surface area (Å²) in [5.74, 6) is 0.243. The largest absolute Gasteiger partial charge is 0.396 e. The second-order valence-electron chi connectivity index (χ2n) is 6.20. The van der Waals surface area contributed by atoms with E-state index in [0.717, 1.165) is 42.6 Å². The number of nitrogens with zero attached hydrogens (tertiary/aromatic N) is 2. The van der Waals surface area contributed by atoms with Crippen molar-refractivity contribution in [2.24, 2.45) is 13.0 Å². The van der Waals surface area contributed by atoms with Gasteiger partial charge in [-0.1, -0.05) is 19.3 Å². The van der Waals surface area contributed by atoms with Crippen molar-refractivity contribution in [3.8, 4) is 0 Å². The maximum Gasteiger partial charge on any atom is 0.224 e. The van der Waals surface area contributed by atoms with Gasteiger partial charge in [0.15, 0.2) is 0 Å². The van der Waals surface area contributed by atoms with Crippen LogP contribution in [-0.4, -0.2) is 33.4 Å². The van der Waals surface area contributed by atoms with Crippen molar-refractivity contribution in [2.75, 3.05) is 6.61 Å². The van der Waals surface area contributed by atoms with Crippen LogP contribution in [0.3, 0.4) is 0 Å². The topological polar surface area (TPSA) is 67.2 Å². The highest BCUT2D eigenvalue weighted by molar-refractivity contribution is 5.79. The zero-order valence-electron chi connectivity index (χ0n) is 13.4. The Hall–Kier alpha value is -1.36. The molecule has 2 atom stereocenters. The van der Waals surface area contributed by atoms with Crippen LogP contribution >= 0.6 is 0 Å². The Morgan fingerprint density at radius 2 is 2.05 bits per heavy atom. The Bertz CT molecular complexity index is 496. The average molecular weight is 293 g/mol. The fourth-order valence-electron chi connectivity index (χ4n) is 3.28. The van der Waals surface area contributed by atoms with E-state index in [0.29, 0.717) is 6.42 Å². The summed E-state index contributed by atoms with van der Waals surface area (Å²) < 4.78 is 1.82. The molecule has 118 valence electrons. The normalized spacial score (nSPS) is 22.9. The number of aliphatic hydroxyl groups is 1. The fraction of sp³-hybridized carbons (Fsp3) is 0.750. The first-order chi connectivity index (χ1) is 10.0. The molecule has 1 saturated carbocycles. The number of aliphatic hydroxyl groups excluding tert-OH is 1. The molecule has 1 fully saturated rings. The van der Waals surface area contributed by atoms with E-state index in [2.05, 4.69) is 10.4 Å². The number of carbonyl (C=O) groups is 1. The van der Waals surface area contributed by atoms with Crippen LogP contribution in [0.1, 0.15) is 49.1 Å². The molecule has 0 spiro atoms. The Balaban J connectivity index is 2.00. The predicted molar refractivity (Wildman–Crippen MR) is 82.0 cm³/mol. The summed E-state index contributed by atoms with van der Waals surface area (Å²) in [6.07, 6.45) is 5.84. The van der Waals surface area contributed by atoms with E-state index in [9.17, 15) is 9.90 Å². The van der Waals surface area contributed by atoms with Crippen LogP contribution in [0.2, 0.25) is 0 Å². The number of amides is 1. The molecule has 5 nitrogen and oxygen atoms in total. The zero-order chi connectivity index (χ0) is 15.4. The van der Waals surface area contributed by atoms with Gasteiger partial charge in [0.1, 0.15) is 0 Å². The third-order valence-electron chi connectivity index (χ3n) is 4.74. The molecule has 1 amide bonds. The summed E-state index contributed by atoms with van der Waals surface area (Å²) >= 11 is 0. The van der Waals surface area contributed by atoms with E-state index in [1.165, 1.54) is 6.42 Å². The average Bonchev–Trinajstić information content (AvgIpc) is 2.63. The summed E-state index contributed by atoms with van der Waals surface area (Å²) in [6.45, 7) is 4.10. The number of aryl methyl sites for hydroxylation is 2. The van der Waals surface area contributed by atoms with E-state index in [1.54, 1.807) is 0 Å². The minimum Gasteiger partial charge on any atom is -0.396 e. The molecule has 1 aromatic heterocycles. The molecule has 2 rings (SSSR count). The Labute approximate surface area is 126 Å². The third kappa shape index (κ3) is 3.84. The highest BCUT2D eigenvalue weighted by Crippen LogP contribution is 2.23. The molecule has 1 heterocycles. The molecule has 0 saturated heterocycles. The molecule has 2 unspecified atom stereocenters. The highest BCUT2D eigenvalue weighted by Gasteiger charge is 2.25. The molecular weight excluding hydrogens is 266 g/mol. The van der Waals surface area contributed by atoms with Crippen LogP contribution in [0.5, 0.6) is 0 Å². The van der Waals surface area contributed by atoms with Crippen LogP contribution in [0.15, 0.2) is 0 Å². The monoisotopic (exact) mass is 293 g/mol. The van der Waals surface area contributed by atoms with Gasteiger partial charge in [0, 0.05) is 36.9 Å². The van der Waals surface area contributed by atoms with Gasteiger partial charge in [0.2, 0.25) is 5.91 Å². The number of nitrogens with one attached hydrogen (secondary N) is 1. The Kier molecular flexibility index (Phi) is 5.39. The van der Waals surface area contributed by atoms with Crippen LogP contribution in [0, 0.1) is 19.8 Å². The van der Waals surface area contributed by atoms with E-state index in [1.807, 2.05) is 25.6 Å². The highest BCUT2D eigenvalue weighted by atomic mass is 16.3. The number of carbonyl (C=O) groups excluding carboxylic acids is 1. The van der Waals surface area contributed by atoms with E-state index in [-0.39, 0.29) is 24.5 Å². The van der Waals surface area contributed by atoms with Gasteiger partial charge in [-0.3, -0.25) is 9.48 Å². The number of rotatable bonds is 4. The van der Waals surface area contributed by atoms with E-state index >= 15 is 0 Å². The third-order valence-corrected chi connectivity index (χ3v) is 4.74. The molecule has 1 aromatic rings. The lowest BCUT2D eigenvalue weighted by Crippen LogP contribution is -2.41. The standard InChI is InChI=1S/C16H27N3O2/c1-11-14(12(2)19(3)18-11)9-16(21)17-15-8-6-4-5-7-13(15)10-20/h13,15,20H,4-10H2,1-3H3,(H,17,21). The van der Waals surface area contributed by atoms with Crippen molar-refractivity contribution < 1.29 is 9.90 Å². The van der Waals surface area contributed by atoms with Crippen molar-refractivity contribution in [2.45, 2.75) is 58.4 Å². The van der Waals surface area contributed by atoms with Crippen molar-refractivity contribution in [3.05, 3.63) is 17.0 Å². The first kappa shape index (κ1) is 16.0. The first-order valence-corrected chi connectivity index (χ1v) is 7.92. The number of aromatic nitrogens is 2. The second kappa shape index (κ2) is 7.07. The first-order valence-electron chi connectivity index (χ1n) is 7.92. The molecular formula is C16H27N3O2. The summed E-state index contributed by atoms with van der Waals surface area (Å²) in [5.41, 5.74) is 2.98. The van der Waals surface area contributed by atoms with Crippen molar-refractivity contribution >= 4 is 5.91 Å². The van der Waals surface area contributed by atoms with Gasteiger partial charge in [0.05, 0.1) is 12.1 Å². The van der Waals surface area contributed by atoms with Crippen LogP contribution in [0.25, 0.3) is 0 Å². The van der Waals surface area contributed by atoms with E-state index in [4.69, 9.17) is 0 Å². The van der Waals surface area contributed by atoms with Gasteiger partial charge in [0.25, 0.3) is 0 Å². The summed E-state index contributed by atoms with van der Waals surface area (Å²) in [6, 6.07) is 0.113. The SMILES string of the molecule is Cc1nn(C)c(C)c1CC(=O)NC1CCCCCC1CO. The molecule has 1 aliphatic rings. The van der Waals surface area contributed by atoms with Gasteiger partial charge in [-0.15, -0.1) is 0 Å². The van der Waals surface area contributed by atoms with Crippen LogP contribution in [-0.2, 0) is 18.3 Å². The smallest absolute Gasteiger partial charge is 0.224 e. The lowest BCUT2D eigenvalue weighted by atomic mass is 9.95. The zero-order valence-corrected chi connectivity index (χ0v) is 13.4. The molecule has 0 bridgehead atoms. The molecule has 2 N–H and O–H groups in total. The minimum absolute atomic E-state index is 0.0412. The minimum atomic E-state index is 0.0412. The molecule has 0 radical (unpaired) electrons. The molecule has 21 heavy (non-hydrogen) atoms. The maximum absolute atomic E-state index is 12.3. The van der Waals surface area contributed by atoms with Crippen molar-refractivity contribution in [1.29, 1.82) is 0 Å².